The number of carbonyl (C=O) groups excluding carboxylic acids is 1. The van der Waals surface area contributed by atoms with E-state index in [2.05, 4.69) is 5.32 Å². The van der Waals surface area contributed by atoms with Crippen molar-refractivity contribution in [3.05, 3.63) is 23.3 Å². The van der Waals surface area contributed by atoms with Crippen LogP contribution in [0.4, 0.5) is 5.69 Å². The van der Waals surface area contributed by atoms with Crippen molar-refractivity contribution in [2.24, 2.45) is 0 Å². The maximum absolute atomic E-state index is 12.2. The van der Waals surface area contributed by atoms with Crippen molar-refractivity contribution < 1.29 is 14.3 Å². The van der Waals surface area contributed by atoms with Crippen molar-refractivity contribution in [2.45, 2.75) is 39.7 Å². The molecule has 0 bridgehead atoms. The Labute approximate surface area is 115 Å². The van der Waals surface area contributed by atoms with Gasteiger partial charge in [0.1, 0.15) is 11.4 Å². The van der Waals surface area contributed by atoms with E-state index in [1.165, 1.54) is 0 Å². The van der Waals surface area contributed by atoms with Crippen LogP contribution < -0.4 is 10.1 Å². The number of anilines is 1. The summed E-state index contributed by atoms with van der Waals surface area (Å²) in [6, 6.07) is 3.80. The summed E-state index contributed by atoms with van der Waals surface area (Å²) in [5, 5.41) is 2.90. The van der Waals surface area contributed by atoms with Crippen molar-refractivity contribution in [1.82, 2.24) is 0 Å². The minimum Gasteiger partial charge on any atom is -0.496 e. The number of nitrogens with one attached hydrogen (secondary N) is 1. The van der Waals surface area contributed by atoms with Gasteiger partial charge in [-0.1, -0.05) is 6.92 Å². The summed E-state index contributed by atoms with van der Waals surface area (Å²) in [4.78, 5) is 12.2. The minimum absolute atomic E-state index is 0.138. The second-order valence-electron chi connectivity index (χ2n) is 4.89. The van der Waals surface area contributed by atoms with Gasteiger partial charge in [-0.25, -0.2) is 0 Å². The molecule has 0 aliphatic carbocycles. The molecule has 106 valence electrons. The second kappa shape index (κ2) is 6.06. The first-order chi connectivity index (χ1) is 8.87. The van der Waals surface area contributed by atoms with Crippen LogP contribution in [0.2, 0.25) is 0 Å². The zero-order valence-electron chi connectivity index (χ0n) is 12.6. The van der Waals surface area contributed by atoms with Gasteiger partial charge in [-0.05, 0) is 50.5 Å². The third kappa shape index (κ3) is 3.26. The standard InChI is InChI=1S/C15H23NO3/c1-7-15(4,19-6)14(17)16-12-8-10(2)13(18-5)11(3)9-12/h8-9H,7H2,1-6H3,(H,16,17)/t15-/m1/s1. The molecule has 0 radical (unpaired) electrons. The first kappa shape index (κ1) is 15.5. The lowest BCUT2D eigenvalue weighted by atomic mass is 10.0. The summed E-state index contributed by atoms with van der Waals surface area (Å²) < 4.78 is 10.6. The van der Waals surface area contributed by atoms with Gasteiger partial charge in [0, 0.05) is 12.8 Å². The molecule has 1 aromatic rings. The Morgan fingerprint density at radius 3 is 2.16 bits per heavy atom. The molecule has 0 spiro atoms. The smallest absolute Gasteiger partial charge is 0.256 e. The van der Waals surface area contributed by atoms with Crippen LogP contribution >= 0.6 is 0 Å². The van der Waals surface area contributed by atoms with E-state index in [4.69, 9.17) is 9.47 Å². The molecular weight excluding hydrogens is 242 g/mol. The molecule has 1 rings (SSSR count). The van der Waals surface area contributed by atoms with Crippen LogP contribution in [0.3, 0.4) is 0 Å². The Hall–Kier alpha value is -1.55. The molecule has 4 heteroatoms. The van der Waals surface area contributed by atoms with Gasteiger partial charge in [0.2, 0.25) is 0 Å². The largest absolute Gasteiger partial charge is 0.496 e. The lowest BCUT2D eigenvalue weighted by molar-refractivity contribution is -0.136. The Bertz CT molecular complexity index is 441. The van der Waals surface area contributed by atoms with Crippen molar-refractivity contribution in [3.63, 3.8) is 0 Å². The second-order valence-corrected chi connectivity index (χ2v) is 4.89. The van der Waals surface area contributed by atoms with Crippen molar-refractivity contribution >= 4 is 11.6 Å². The zero-order chi connectivity index (χ0) is 14.6. The van der Waals surface area contributed by atoms with Gasteiger partial charge in [0.05, 0.1) is 7.11 Å². The lowest BCUT2D eigenvalue weighted by Gasteiger charge is -2.25. The number of benzene rings is 1. The number of carbonyl (C=O) groups is 1. The molecule has 1 aromatic carbocycles. The monoisotopic (exact) mass is 265 g/mol. The third-order valence-corrected chi connectivity index (χ3v) is 3.53. The number of rotatable bonds is 5. The lowest BCUT2D eigenvalue weighted by Crippen LogP contribution is -2.41. The van der Waals surface area contributed by atoms with E-state index < -0.39 is 5.60 Å². The van der Waals surface area contributed by atoms with Crippen LogP contribution in [0.25, 0.3) is 0 Å². The number of hydrogen-bond acceptors (Lipinski definition) is 3. The van der Waals surface area contributed by atoms with Gasteiger partial charge in [-0.15, -0.1) is 0 Å². The number of methoxy groups -OCH3 is 2. The van der Waals surface area contributed by atoms with E-state index in [1.807, 2.05) is 32.9 Å². The van der Waals surface area contributed by atoms with E-state index in [-0.39, 0.29) is 5.91 Å². The molecule has 4 nitrogen and oxygen atoms in total. The predicted octanol–water partition coefficient (Wildman–Crippen LogP) is 3.07. The molecule has 0 saturated heterocycles. The van der Waals surface area contributed by atoms with Crippen molar-refractivity contribution in [3.8, 4) is 5.75 Å². The average molecular weight is 265 g/mol. The summed E-state index contributed by atoms with van der Waals surface area (Å²) in [7, 11) is 3.19. The maximum atomic E-state index is 12.2. The van der Waals surface area contributed by atoms with Gasteiger partial charge >= 0.3 is 0 Å². The molecule has 0 aliphatic rings. The van der Waals surface area contributed by atoms with Gasteiger partial charge < -0.3 is 14.8 Å². The van der Waals surface area contributed by atoms with Crippen molar-refractivity contribution in [2.75, 3.05) is 19.5 Å². The van der Waals surface area contributed by atoms with Crippen LogP contribution in [0.5, 0.6) is 5.75 Å². The maximum Gasteiger partial charge on any atom is 0.256 e. The summed E-state index contributed by atoms with van der Waals surface area (Å²) in [5.41, 5.74) is 1.95. The van der Waals surface area contributed by atoms with E-state index in [0.29, 0.717) is 6.42 Å². The van der Waals surface area contributed by atoms with Crippen LogP contribution in [-0.2, 0) is 9.53 Å². The normalized spacial score (nSPS) is 13.8. The number of amides is 1. The third-order valence-electron chi connectivity index (χ3n) is 3.53. The van der Waals surface area contributed by atoms with Crippen molar-refractivity contribution in [1.29, 1.82) is 0 Å². The molecule has 1 amide bonds. The summed E-state index contributed by atoms with van der Waals surface area (Å²) in [6.45, 7) is 7.62. The minimum atomic E-state index is -0.804. The Morgan fingerprint density at radius 1 is 1.26 bits per heavy atom. The quantitative estimate of drug-likeness (QED) is 0.890. The van der Waals surface area contributed by atoms with E-state index in [0.717, 1.165) is 22.6 Å². The molecule has 0 saturated carbocycles. The predicted molar refractivity (Wildman–Crippen MR) is 76.8 cm³/mol. The number of hydrogen-bond donors (Lipinski definition) is 1. The molecular formula is C15H23NO3. The molecule has 19 heavy (non-hydrogen) atoms. The molecule has 1 atom stereocenters. The average Bonchev–Trinajstić information content (AvgIpc) is 2.37. The number of ether oxygens (including phenoxy) is 2. The van der Waals surface area contributed by atoms with Gasteiger partial charge in [0.25, 0.3) is 5.91 Å². The van der Waals surface area contributed by atoms with E-state index in [1.54, 1.807) is 21.1 Å². The summed E-state index contributed by atoms with van der Waals surface area (Å²) in [6.07, 6.45) is 0.615. The first-order valence-electron chi connectivity index (χ1n) is 6.39. The van der Waals surface area contributed by atoms with E-state index >= 15 is 0 Å². The number of aryl methyl sites for hydroxylation is 2. The van der Waals surface area contributed by atoms with Crippen LogP contribution in [0.1, 0.15) is 31.4 Å². The Morgan fingerprint density at radius 2 is 1.79 bits per heavy atom. The highest BCUT2D eigenvalue weighted by atomic mass is 16.5. The highest BCUT2D eigenvalue weighted by Crippen LogP contribution is 2.27. The zero-order valence-corrected chi connectivity index (χ0v) is 12.6. The van der Waals surface area contributed by atoms with Crippen LogP contribution in [0, 0.1) is 13.8 Å². The topological polar surface area (TPSA) is 47.6 Å². The molecule has 1 N–H and O–H groups in total. The summed E-state index contributed by atoms with van der Waals surface area (Å²) in [5.74, 6) is 0.712. The van der Waals surface area contributed by atoms with Gasteiger partial charge in [0.15, 0.2) is 0 Å². The Kier molecular flexibility index (Phi) is 4.95. The highest BCUT2D eigenvalue weighted by Gasteiger charge is 2.31. The Balaban J connectivity index is 2.98. The molecule has 0 fully saturated rings. The van der Waals surface area contributed by atoms with Gasteiger partial charge in [-0.2, -0.15) is 0 Å². The van der Waals surface area contributed by atoms with Crippen LogP contribution in [-0.4, -0.2) is 25.7 Å². The molecule has 0 heterocycles. The SMILES string of the molecule is CC[C@@](C)(OC)C(=O)Nc1cc(C)c(OC)c(C)c1. The fraction of sp³-hybridized carbons (Fsp3) is 0.533. The molecule has 0 unspecified atom stereocenters. The fourth-order valence-electron chi connectivity index (χ4n) is 2.01. The van der Waals surface area contributed by atoms with E-state index in [9.17, 15) is 4.79 Å². The summed E-state index contributed by atoms with van der Waals surface area (Å²) >= 11 is 0. The van der Waals surface area contributed by atoms with Gasteiger partial charge in [-0.3, -0.25) is 4.79 Å². The fourth-order valence-corrected chi connectivity index (χ4v) is 2.01. The first-order valence-corrected chi connectivity index (χ1v) is 6.39. The highest BCUT2D eigenvalue weighted by molar-refractivity contribution is 5.97. The van der Waals surface area contributed by atoms with Crippen LogP contribution in [0.15, 0.2) is 12.1 Å². The molecule has 0 aliphatic heterocycles. The molecule has 0 aromatic heterocycles.